The highest BCUT2D eigenvalue weighted by atomic mass is 16.2. The summed E-state index contributed by atoms with van der Waals surface area (Å²) >= 11 is 0. The molecule has 0 spiro atoms. The Kier molecular flexibility index (Phi) is 4.13. The van der Waals surface area contributed by atoms with Crippen LogP contribution in [-0.2, 0) is 0 Å². The molecular formula is C18H21N5O2. The summed E-state index contributed by atoms with van der Waals surface area (Å²) in [5, 5.41) is 5.92. The summed E-state index contributed by atoms with van der Waals surface area (Å²) in [5.74, 6) is -0.0746. The van der Waals surface area contributed by atoms with Crippen molar-refractivity contribution < 1.29 is 9.59 Å². The van der Waals surface area contributed by atoms with E-state index in [4.69, 9.17) is 0 Å². The number of amides is 3. The van der Waals surface area contributed by atoms with E-state index in [9.17, 15) is 9.59 Å². The summed E-state index contributed by atoms with van der Waals surface area (Å²) in [7, 11) is 0. The lowest BCUT2D eigenvalue weighted by atomic mass is 10.1. The maximum absolute atomic E-state index is 12.6. The van der Waals surface area contributed by atoms with Gasteiger partial charge < -0.3 is 15.2 Å². The van der Waals surface area contributed by atoms with Crippen molar-refractivity contribution in [3.8, 4) is 0 Å². The minimum absolute atomic E-state index is 0.0746. The first-order valence-corrected chi connectivity index (χ1v) is 8.66. The minimum Gasteiger partial charge on any atom is -0.347 e. The van der Waals surface area contributed by atoms with Crippen molar-refractivity contribution in [2.45, 2.75) is 31.3 Å². The van der Waals surface area contributed by atoms with Gasteiger partial charge in [0.15, 0.2) is 0 Å². The van der Waals surface area contributed by atoms with Gasteiger partial charge in [0.1, 0.15) is 0 Å². The molecule has 2 heterocycles. The Morgan fingerprint density at radius 2 is 2.08 bits per heavy atom. The predicted octanol–water partition coefficient (Wildman–Crippen LogP) is 1.94. The molecule has 0 bridgehead atoms. The van der Waals surface area contributed by atoms with E-state index in [1.165, 1.54) is 0 Å². The van der Waals surface area contributed by atoms with Crippen LogP contribution in [-0.4, -0.2) is 40.6 Å². The van der Waals surface area contributed by atoms with Gasteiger partial charge in [-0.15, -0.1) is 0 Å². The molecule has 1 aliphatic heterocycles. The number of nitrogens with zero attached hydrogens (tertiary/aromatic N) is 3. The molecule has 7 heteroatoms. The second-order valence-corrected chi connectivity index (χ2v) is 6.52. The van der Waals surface area contributed by atoms with Gasteiger partial charge in [0.05, 0.1) is 12.4 Å². The molecule has 2 atom stereocenters. The Balaban J connectivity index is 1.43. The number of carbonyl (C=O) groups excluding carboxylic acids is 2. The molecule has 1 aliphatic carbocycles. The zero-order chi connectivity index (χ0) is 17.2. The number of hydrogen-bond donors (Lipinski definition) is 2. The molecule has 1 saturated heterocycles. The highest BCUT2D eigenvalue weighted by Crippen LogP contribution is 2.30. The van der Waals surface area contributed by atoms with E-state index in [2.05, 4.69) is 20.2 Å². The predicted molar refractivity (Wildman–Crippen MR) is 93.6 cm³/mol. The van der Waals surface area contributed by atoms with Crippen molar-refractivity contribution in [2.75, 3.05) is 18.0 Å². The monoisotopic (exact) mass is 339 g/mol. The lowest BCUT2D eigenvalue weighted by molar-refractivity contribution is 0.0929. The molecule has 2 N–H and O–H groups in total. The molecule has 0 unspecified atom stereocenters. The molecule has 1 aromatic carbocycles. The Morgan fingerprint density at radius 1 is 1.24 bits per heavy atom. The number of anilines is 1. The van der Waals surface area contributed by atoms with Crippen LogP contribution in [0.1, 0.15) is 35.7 Å². The van der Waals surface area contributed by atoms with E-state index in [1.54, 1.807) is 23.2 Å². The van der Waals surface area contributed by atoms with Gasteiger partial charge in [-0.05, 0) is 43.5 Å². The summed E-state index contributed by atoms with van der Waals surface area (Å²) in [6, 6.07) is 7.48. The number of urea groups is 1. The summed E-state index contributed by atoms with van der Waals surface area (Å²) in [5.41, 5.74) is 1.42. The largest absolute Gasteiger partial charge is 0.347 e. The molecule has 2 fully saturated rings. The molecule has 2 aromatic rings. The maximum atomic E-state index is 12.6. The Morgan fingerprint density at radius 3 is 2.76 bits per heavy atom. The van der Waals surface area contributed by atoms with Crippen LogP contribution in [0.2, 0.25) is 0 Å². The average Bonchev–Trinajstić information content (AvgIpc) is 3.36. The van der Waals surface area contributed by atoms with Crippen LogP contribution in [0, 0.1) is 0 Å². The number of rotatable bonds is 4. The van der Waals surface area contributed by atoms with Crippen molar-refractivity contribution in [3.05, 3.63) is 48.5 Å². The van der Waals surface area contributed by atoms with Crippen molar-refractivity contribution in [1.82, 2.24) is 20.2 Å². The van der Waals surface area contributed by atoms with E-state index in [-0.39, 0.29) is 24.0 Å². The van der Waals surface area contributed by atoms with Crippen LogP contribution in [0.5, 0.6) is 0 Å². The molecule has 130 valence electrons. The molecule has 25 heavy (non-hydrogen) atoms. The Hall–Kier alpha value is -2.83. The van der Waals surface area contributed by atoms with Crippen LogP contribution >= 0.6 is 0 Å². The number of imidazole rings is 1. The van der Waals surface area contributed by atoms with E-state index in [0.29, 0.717) is 18.7 Å². The number of nitrogens with one attached hydrogen (secondary N) is 2. The number of benzene rings is 1. The topological polar surface area (TPSA) is 79.3 Å². The summed E-state index contributed by atoms with van der Waals surface area (Å²) in [6.45, 7) is 1.30. The number of hydrogen-bond acceptors (Lipinski definition) is 3. The number of carbonyl (C=O) groups is 2. The molecule has 3 amide bonds. The molecule has 0 radical (unpaired) electrons. The first-order chi connectivity index (χ1) is 12.2. The van der Waals surface area contributed by atoms with Gasteiger partial charge in [-0.2, -0.15) is 0 Å². The van der Waals surface area contributed by atoms with Crippen molar-refractivity contribution in [1.29, 1.82) is 0 Å². The summed E-state index contributed by atoms with van der Waals surface area (Å²) < 4.78 is 2.08. The Bertz CT molecular complexity index is 756. The highest BCUT2D eigenvalue weighted by molar-refractivity contribution is 5.97. The third-order valence-corrected chi connectivity index (χ3v) is 5.00. The van der Waals surface area contributed by atoms with E-state index >= 15 is 0 Å². The van der Waals surface area contributed by atoms with Crippen molar-refractivity contribution in [3.63, 3.8) is 0 Å². The third-order valence-electron chi connectivity index (χ3n) is 5.00. The van der Waals surface area contributed by atoms with Gasteiger partial charge >= 0.3 is 6.03 Å². The third kappa shape index (κ3) is 3.09. The lowest BCUT2D eigenvalue weighted by Gasteiger charge is -2.22. The normalized spacial score (nSPS) is 22.9. The zero-order valence-electron chi connectivity index (χ0n) is 13.9. The average molecular weight is 339 g/mol. The van der Waals surface area contributed by atoms with Gasteiger partial charge in [0.2, 0.25) is 0 Å². The SMILES string of the molecule is O=C(N[C@@H]1CCC[C@@H]1n1ccnc1)c1ccc(N2CCNC2=O)cc1. The van der Waals surface area contributed by atoms with E-state index in [1.807, 2.05) is 24.7 Å². The van der Waals surface area contributed by atoms with Crippen LogP contribution in [0.3, 0.4) is 0 Å². The number of aromatic nitrogens is 2. The molecular weight excluding hydrogens is 318 g/mol. The standard InChI is InChI=1S/C18H21N5O2/c24-17(21-15-2-1-3-16(15)22-10-8-19-12-22)13-4-6-14(7-5-13)23-11-9-20-18(23)25/h4-8,10,12,15-16H,1-3,9,11H2,(H,20,25)(H,21,24)/t15-,16+/m1/s1. The summed E-state index contributed by atoms with van der Waals surface area (Å²) in [6.07, 6.45) is 8.64. The lowest BCUT2D eigenvalue weighted by Crippen LogP contribution is -2.38. The van der Waals surface area contributed by atoms with Gasteiger partial charge in [0, 0.05) is 42.8 Å². The first kappa shape index (κ1) is 15.7. The zero-order valence-corrected chi connectivity index (χ0v) is 13.9. The maximum Gasteiger partial charge on any atom is 0.321 e. The molecule has 1 aromatic heterocycles. The second-order valence-electron chi connectivity index (χ2n) is 6.52. The summed E-state index contributed by atoms with van der Waals surface area (Å²) in [4.78, 5) is 30.1. The molecule has 4 rings (SSSR count). The van der Waals surface area contributed by atoms with Gasteiger partial charge in [-0.25, -0.2) is 9.78 Å². The van der Waals surface area contributed by atoms with E-state index in [0.717, 1.165) is 24.9 Å². The Labute approximate surface area is 146 Å². The molecule has 7 nitrogen and oxygen atoms in total. The van der Waals surface area contributed by atoms with Gasteiger partial charge in [-0.1, -0.05) is 0 Å². The quantitative estimate of drug-likeness (QED) is 0.893. The van der Waals surface area contributed by atoms with Crippen molar-refractivity contribution >= 4 is 17.6 Å². The molecule has 1 saturated carbocycles. The van der Waals surface area contributed by atoms with Crippen LogP contribution in [0.4, 0.5) is 10.5 Å². The van der Waals surface area contributed by atoms with Crippen LogP contribution in [0.15, 0.2) is 43.0 Å². The minimum atomic E-state index is -0.0914. The first-order valence-electron chi connectivity index (χ1n) is 8.66. The smallest absolute Gasteiger partial charge is 0.321 e. The second kappa shape index (κ2) is 6.58. The fourth-order valence-corrected chi connectivity index (χ4v) is 3.69. The highest BCUT2D eigenvalue weighted by Gasteiger charge is 2.30. The fourth-order valence-electron chi connectivity index (χ4n) is 3.69. The van der Waals surface area contributed by atoms with Gasteiger partial charge in [0.25, 0.3) is 5.91 Å². The van der Waals surface area contributed by atoms with Crippen LogP contribution < -0.4 is 15.5 Å². The molecule has 2 aliphatic rings. The van der Waals surface area contributed by atoms with E-state index < -0.39 is 0 Å². The van der Waals surface area contributed by atoms with Crippen LogP contribution in [0.25, 0.3) is 0 Å². The fraction of sp³-hybridized carbons (Fsp3) is 0.389. The van der Waals surface area contributed by atoms with Crippen molar-refractivity contribution in [2.24, 2.45) is 0 Å². The van der Waals surface area contributed by atoms with Gasteiger partial charge in [-0.3, -0.25) is 9.69 Å².